The van der Waals surface area contributed by atoms with Gasteiger partial charge in [0, 0.05) is 12.2 Å². The number of pyridine rings is 1. The molecule has 1 fully saturated rings. The Balaban J connectivity index is 2.13. The molecule has 0 radical (unpaired) electrons. The van der Waals surface area contributed by atoms with Crippen LogP contribution in [0.15, 0.2) is 18.3 Å². The molecular formula is C17H22N2O2. The minimum absolute atomic E-state index is 0.177. The molecule has 21 heavy (non-hydrogen) atoms. The molecule has 3 atom stereocenters. The second kappa shape index (κ2) is 7.24. The molecule has 112 valence electrons. The molecule has 0 aromatic carbocycles. The summed E-state index contributed by atoms with van der Waals surface area (Å²) >= 11 is 0. The number of carbonyl (C=O) groups excluding carboxylic acids is 1. The van der Waals surface area contributed by atoms with Gasteiger partial charge in [0.15, 0.2) is 0 Å². The van der Waals surface area contributed by atoms with E-state index in [2.05, 4.69) is 36.0 Å². The smallest absolute Gasteiger partial charge is 0.271 e. The number of aliphatic hydroxyl groups is 1. The molecule has 1 aliphatic carbocycles. The molecule has 0 bridgehead atoms. The number of nitrogens with one attached hydrogen (secondary N) is 1. The molecule has 1 amide bonds. The highest BCUT2D eigenvalue weighted by Crippen LogP contribution is 2.29. The summed E-state index contributed by atoms with van der Waals surface area (Å²) in [7, 11) is 0. The standard InChI is InChI=1S/C17H22N2O2/c1-12-6-3-9-15(13(12)2)19-17(21)16-14(8-5-11-20)7-4-10-18-16/h4,7,10,12-13,15,20H,3,6,9,11H2,1-2H3,(H,19,21). The van der Waals surface area contributed by atoms with Crippen molar-refractivity contribution in [1.82, 2.24) is 10.3 Å². The van der Waals surface area contributed by atoms with Crippen LogP contribution in [0, 0.1) is 23.7 Å². The van der Waals surface area contributed by atoms with Crippen LogP contribution in [0.4, 0.5) is 0 Å². The monoisotopic (exact) mass is 286 g/mol. The maximum absolute atomic E-state index is 12.4. The Morgan fingerprint density at radius 2 is 2.29 bits per heavy atom. The first kappa shape index (κ1) is 15.5. The fourth-order valence-corrected chi connectivity index (χ4v) is 2.84. The lowest BCUT2D eigenvalue weighted by Crippen LogP contribution is -2.44. The van der Waals surface area contributed by atoms with Gasteiger partial charge >= 0.3 is 0 Å². The zero-order chi connectivity index (χ0) is 15.2. The van der Waals surface area contributed by atoms with Crippen molar-refractivity contribution in [3.63, 3.8) is 0 Å². The van der Waals surface area contributed by atoms with Crippen LogP contribution in [0.25, 0.3) is 0 Å². The van der Waals surface area contributed by atoms with Crippen LogP contribution in [0.1, 0.15) is 49.2 Å². The van der Waals surface area contributed by atoms with Gasteiger partial charge in [-0.3, -0.25) is 4.79 Å². The number of aromatic nitrogens is 1. The van der Waals surface area contributed by atoms with Gasteiger partial charge in [-0.15, -0.1) is 0 Å². The average Bonchev–Trinajstić information content (AvgIpc) is 2.50. The first-order chi connectivity index (χ1) is 10.1. The van der Waals surface area contributed by atoms with Crippen LogP contribution in [0.3, 0.4) is 0 Å². The number of hydrogen-bond donors (Lipinski definition) is 2. The van der Waals surface area contributed by atoms with E-state index in [-0.39, 0.29) is 18.6 Å². The minimum atomic E-state index is -0.229. The molecule has 0 aliphatic heterocycles. The topological polar surface area (TPSA) is 62.2 Å². The number of amides is 1. The highest BCUT2D eigenvalue weighted by Gasteiger charge is 2.29. The predicted molar refractivity (Wildman–Crippen MR) is 81.6 cm³/mol. The Hall–Kier alpha value is -1.86. The maximum atomic E-state index is 12.4. The van der Waals surface area contributed by atoms with Crippen molar-refractivity contribution in [3.8, 4) is 11.8 Å². The number of rotatable bonds is 2. The summed E-state index contributed by atoms with van der Waals surface area (Å²) in [6, 6.07) is 3.68. The number of carbonyl (C=O) groups is 1. The Bertz CT molecular complexity index is 559. The largest absolute Gasteiger partial charge is 0.384 e. The molecule has 1 heterocycles. The zero-order valence-corrected chi connectivity index (χ0v) is 12.6. The highest BCUT2D eigenvalue weighted by atomic mass is 16.2. The molecule has 2 rings (SSSR count). The van der Waals surface area contributed by atoms with Crippen molar-refractivity contribution in [3.05, 3.63) is 29.6 Å². The normalized spacial score (nSPS) is 24.8. The summed E-state index contributed by atoms with van der Waals surface area (Å²) in [5.74, 6) is 6.26. The Morgan fingerprint density at radius 1 is 1.48 bits per heavy atom. The third kappa shape index (κ3) is 3.83. The second-order valence-electron chi connectivity index (χ2n) is 5.71. The molecule has 4 heteroatoms. The van der Waals surface area contributed by atoms with Crippen LogP contribution < -0.4 is 5.32 Å². The van der Waals surface area contributed by atoms with Gasteiger partial charge in [0.1, 0.15) is 12.3 Å². The SMILES string of the molecule is CC1CCCC(NC(=O)c2ncccc2C#CCO)C1C. The molecule has 1 aromatic heterocycles. The van der Waals surface area contributed by atoms with E-state index in [1.165, 1.54) is 6.42 Å². The van der Waals surface area contributed by atoms with Gasteiger partial charge in [0.05, 0.1) is 5.56 Å². The molecule has 0 saturated heterocycles. The molecule has 1 saturated carbocycles. The van der Waals surface area contributed by atoms with E-state index in [1.54, 1.807) is 18.3 Å². The van der Waals surface area contributed by atoms with E-state index in [4.69, 9.17) is 5.11 Å². The summed E-state index contributed by atoms with van der Waals surface area (Å²) in [5, 5.41) is 11.9. The maximum Gasteiger partial charge on any atom is 0.271 e. The lowest BCUT2D eigenvalue weighted by atomic mass is 9.78. The van der Waals surface area contributed by atoms with Crippen LogP contribution in [0.5, 0.6) is 0 Å². The van der Waals surface area contributed by atoms with E-state index in [9.17, 15) is 4.79 Å². The highest BCUT2D eigenvalue weighted by molar-refractivity contribution is 5.94. The van der Waals surface area contributed by atoms with Crippen molar-refractivity contribution in [2.45, 2.75) is 39.2 Å². The molecule has 2 N–H and O–H groups in total. The summed E-state index contributed by atoms with van der Waals surface area (Å²) in [6.07, 6.45) is 4.98. The Labute approximate surface area is 126 Å². The Kier molecular flexibility index (Phi) is 5.35. The molecule has 1 aliphatic rings. The van der Waals surface area contributed by atoms with Crippen molar-refractivity contribution >= 4 is 5.91 Å². The van der Waals surface area contributed by atoms with Crippen molar-refractivity contribution in [1.29, 1.82) is 0 Å². The fourth-order valence-electron chi connectivity index (χ4n) is 2.84. The summed E-state index contributed by atoms with van der Waals surface area (Å²) in [4.78, 5) is 16.6. The molecule has 0 spiro atoms. The van der Waals surface area contributed by atoms with Crippen LogP contribution in [-0.4, -0.2) is 28.6 Å². The molecule has 1 aromatic rings. The summed E-state index contributed by atoms with van der Waals surface area (Å²) in [6.45, 7) is 4.20. The van der Waals surface area contributed by atoms with E-state index in [0.717, 1.165) is 12.8 Å². The van der Waals surface area contributed by atoms with Gasteiger partial charge in [0.25, 0.3) is 5.91 Å². The quantitative estimate of drug-likeness (QED) is 0.817. The third-order valence-corrected chi connectivity index (χ3v) is 4.35. The van der Waals surface area contributed by atoms with Gasteiger partial charge in [-0.2, -0.15) is 0 Å². The fraction of sp³-hybridized carbons (Fsp3) is 0.529. The molecular weight excluding hydrogens is 264 g/mol. The zero-order valence-electron chi connectivity index (χ0n) is 12.6. The minimum Gasteiger partial charge on any atom is -0.384 e. The first-order valence-corrected chi connectivity index (χ1v) is 7.49. The number of hydrogen-bond acceptors (Lipinski definition) is 3. The van der Waals surface area contributed by atoms with Crippen LogP contribution in [0.2, 0.25) is 0 Å². The van der Waals surface area contributed by atoms with Gasteiger partial charge in [-0.1, -0.05) is 38.5 Å². The third-order valence-electron chi connectivity index (χ3n) is 4.35. The van der Waals surface area contributed by atoms with Crippen LogP contribution >= 0.6 is 0 Å². The van der Waals surface area contributed by atoms with Gasteiger partial charge in [-0.05, 0) is 30.4 Å². The second-order valence-corrected chi connectivity index (χ2v) is 5.71. The van der Waals surface area contributed by atoms with Crippen molar-refractivity contribution < 1.29 is 9.90 Å². The van der Waals surface area contributed by atoms with Crippen molar-refractivity contribution in [2.75, 3.05) is 6.61 Å². The summed E-state index contributed by atoms with van der Waals surface area (Å²) < 4.78 is 0. The first-order valence-electron chi connectivity index (χ1n) is 7.49. The number of nitrogens with zero attached hydrogens (tertiary/aromatic N) is 1. The van der Waals surface area contributed by atoms with Crippen LogP contribution in [-0.2, 0) is 0 Å². The summed E-state index contributed by atoms with van der Waals surface area (Å²) in [5.41, 5.74) is 0.893. The van der Waals surface area contributed by atoms with E-state index in [0.29, 0.717) is 23.1 Å². The molecule has 3 unspecified atom stereocenters. The van der Waals surface area contributed by atoms with E-state index < -0.39 is 0 Å². The van der Waals surface area contributed by atoms with E-state index in [1.807, 2.05) is 0 Å². The van der Waals surface area contributed by atoms with Gasteiger partial charge in [-0.25, -0.2) is 4.98 Å². The average molecular weight is 286 g/mol. The van der Waals surface area contributed by atoms with Crippen molar-refractivity contribution in [2.24, 2.45) is 11.8 Å². The number of aliphatic hydroxyl groups excluding tert-OH is 1. The molecule has 4 nitrogen and oxygen atoms in total. The van der Waals surface area contributed by atoms with E-state index >= 15 is 0 Å². The lowest BCUT2D eigenvalue weighted by molar-refractivity contribution is 0.0885. The predicted octanol–water partition coefficient (Wildman–Crippen LogP) is 1.98. The van der Waals surface area contributed by atoms with Gasteiger partial charge in [0.2, 0.25) is 0 Å². The van der Waals surface area contributed by atoms with Gasteiger partial charge < -0.3 is 10.4 Å². The Morgan fingerprint density at radius 3 is 3.05 bits per heavy atom. The lowest BCUT2D eigenvalue weighted by Gasteiger charge is -2.34.